The van der Waals surface area contributed by atoms with E-state index in [1.54, 1.807) is 6.92 Å². The summed E-state index contributed by atoms with van der Waals surface area (Å²) in [7, 11) is 0. The third kappa shape index (κ3) is 4.15. The molecule has 0 N–H and O–H groups in total. The molecular formula is C23H29N5O2. The molecule has 1 aliphatic rings. The first kappa shape index (κ1) is 20.3. The van der Waals surface area contributed by atoms with Crippen LogP contribution in [0.3, 0.4) is 0 Å². The van der Waals surface area contributed by atoms with Crippen LogP contribution in [0.25, 0.3) is 17.3 Å². The Bertz CT molecular complexity index is 1040. The van der Waals surface area contributed by atoms with Crippen molar-refractivity contribution in [3.8, 4) is 17.3 Å². The summed E-state index contributed by atoms with van der Waals surface area (Å²) in [6.07, 6.45) is 4.17. The maximum Gasteiger partial charge on any atom is 0.268 e. The maximum atomic E-state index is 13.1. The molecule has 3 heterocycles. The highest BCUT2D eigenvalue weighted by atomic mass is 16.4. The van der Waals surface area contributed by atoms with E-state index in [4.69, 9.17) is 9.52 Å². The lowest BCUT2D eigenvalue weighted by Gasteiger charge is -2.33. The van der Waals surface area contributed by atoms with Gasteiger partial charge in [-0.25, -0.2) is 4.68 Å². The Morgan fingerprint density at radius 2 is 2.07 bits per heavy atom. The Balaban J connectivity index is 1.70. The molecular weight excluding hydrogens is 378 g/mol. The van der Waals surface area contributed by atoms with E-state index in [2.05, 4.69) is 31.0 Å². The smallest absolute Gasteiger partial charge is 0.268 e. The van der Waals surface area contributed by atoms with Crippen LogP contribution in [0.2, 0.25) is 0 Å². The van der Waals surface area contributed by atoms with Crippen LogP contribution >= 0.6 is 0 Å². The van der Waals surface area contributed by atoms with Gasteiger partial charge in [0, 0.05) is 30.8 Å². The number of carbonyl (C=O) groups is 1. The fraction of sp³-hybridized carbons (Fsp3) is 0.478. The molecule has 30 heavy (non-hydrogen) atoms. The molecule has 7 heteroatoms. The van der Waals surface area contributed by atoms with Crippen molar-refractivity contribution in [2.24, 2.45) is 5.92 Å². The second-order valence-corrected chi connectivity index (χ2v) is 8.55. The lowest BCUT2D eigenvalue weighted by molar-refractivity contribution is 0.0635. The van der Waals surface area contributed by atoms with Gasteiger partial charge in [-0.2, -0.15) is 5.10 Å². The van der Waals surface area contributed by atoms with Gasteiger partial charge in [0.15, 0.2) is 0 Å². The van der Waals surface area contributed by atoms with E-state index >= 15 is 0 Å². The molecule has 0 saturated carbocycles. The minimum absolute atomic E-state index is 0.0920. The van der Waals surface area contributed by atoms with Gasteiger partial charge in [-0.1, -0.05) is 19.9 Å². The van der Waals surface area contributed by atoms with Crippen molar-refractivity contribution in [3.05, 3.63) is 47.5 Å². The number of aryl methyl sites for hydroxylation is 1. The molecule has 1 aliphatic heterocycles. The molecule has 2 aromatic heterocycles. The molecule has 158 valence electrons. The number of aromatic nitrogens is 4. The number of hydrogen-bond acceptors (Lipinski definition) is 5. The Labute approximate surface area is 177 Å². The van der Waals surface area contributed by atoms with Crippen molar-refractivity contribution in [1.82, 2.24) is 24.9 Å². The van der Waals surface area contributed by atoms with Crippen LogP contribution in [0.1, 0.15) is 62.0 Å². The van der Waals surface area contributed by atoms with Gasteiger partial charge in [-0.3, -0.25) is 4.79 Å². The SMILES string of the molecule is Cc1nnc(-c2cc(CC(C)C)n(-c3cccc(C(=O)N4CCCCC4C)c3)n2)o1. The first-order valence-electron chi connectivity index (χ1n) is 10.7. The Hall–Kier alpha value is -2.96. The van der Waals surface area contributed by atoms with E-state index in [9.17, 15) is 4.79 Å². The van der Waals surface area contributed by atoms with Crippen LogP contribution in [0.5, 0.6) is 0 Å². The summed E-state index contributed by atoms with van der Waals surface area (Å²) in [5, 5.41) is 12.8. The van der Waals surface area contributed by atoms with Crippen LogP contribution in [-0.4, -0.2) is 43.4 Å². The molecule has 1 fully saturated rings. The quantitative estimate of drug-likeness (QED) is 0.625. The Morgan fingerprint density at radius 1 is 1.23 bits per heavy atom. The van der Waals surface area contributed by atoms with Gasteiger partial charge in [0.1, 0.15) is 5.69 Å². The van der Waals surface area contributed by atoms with Crippen LogP contribution in [0.15, 0.2) is 34.7 Å². The number of rotatable bonds is 5. The number of likely N-dealkylation sites (tertiary alicyclic amines) is 1. The summed E-state index contributed by atoms with van der Waals surface area (Å²) in [5.74, 6) is 1.46. The molecule has 0 spiro atoms. The standard InChI is InChI=1S/C23H29N5O2/c1-15(2)12-20-14-21(22-25-24-17(4)30-22)26-28(20)19-10-7-9-18(13-19)23(29)27-11-6-5-8-16(27)3/h7,9-10,13-16H,5-6,8,11-12H2,1-4H3. The normalized spacial score (nSPS) is 17.0. The number of nitrogens with zero attached hydrogens (tertiary/aromatic N) is 5. The van der Waals surface area contributed by atoms with Gasteiger partial charge in [0.05, 0.1) is 5.69 Å². The zero-order valence-electron chi connectivity index (χ0n) is 18.1. The third-order valence-corrected chi connectivity index (χ3v) is 5.55. The third-order valence-electron chi connectivity index (χ3n) is 5.55. The van der Waals surface area contributed by atoms with E-state index in [0.29, 0.717) is 29.0 Å². The second-order valence-electron chi connectivity index (χ2n) is 8.55. The van der Waals surface area contributed by atoms with Crippen molar-refractivity contribution < 1.29 is 9.21 Å². The molecule has 1 aromatic carbocycles. The molecule has 1 saturated heterocycles. The Morgan fingerprint density at radius 3 is 2.77 bits per heavy atom. The van der Waals surface area contributed by atoms with Gasteiger partial charge in [-0.05, 0) is 62.8 Å². The van der Waals surface area contributed by atoms with Gasteiger partial charge >= 0.3 is 0 Å². The summed E-state index contributed by atoms with van der Waals surface area (Å²) in [6, 6.07) is 10.0. The lowest BCUT2D eigenvalue weighted by atomic mass is 10.0. The predicted octanol–water partition coefficient (Wildman–Crippen LogP) is 4.44. The average molecular weight is 408 g/mol. The van der Waals surface area contributed by atoms with Crippen molar-refractivity contribution in [2.75, 3.05) is 6.54 Å². The summed E-state index contributed by atoms with van der Waals surface area (Å²) in [4.78, 5) is 15.1. The van der Waals surface area contributed by atoms with Crippen LogP contribution in [0.4, 0.5) is 0 Å². The molecule has 0 aliphatic carbocycles. The van der Waals surface area contributed by atoms with Crippen molar-refractivity contribution in [1.29, 1.82) is 0 Å². The van der Waals surface area contributed by atoms with Crippen molar-refractivity contribution >= 4 is 5.91 Å². The Kier molecular flexibility index (Phi) is 5.70. The summed E-state index contributed by atoms with van der Waals surface area (Å²) < 4.78 is 7.47. The van der Waals surface area contributed by atoms with Gasteiger partial charge in [0.25, 0.3) is 11.8 Å². The van der Waals surface area contributed by atoms with E-state index in [0.717, 1.165) is 37.2 Å². The first-order valence-corrected chi connectivity index (χ1v) is 10.7. The zero-order chi connectivity index (χ0) is 21.3. The number of amides is 1. The monoisotopic (exact) mass is 407 g/mol. The van der Waals surface area contributed by atoms with Crippen molar-refractivity contribution in [3.63, 3.8) is 0 Å². The molecule has 4 rings (SSSR count). The highest BCUT2D eigenvalue weighted by Gasteiger charge is 2.25. The number of piperidine rings is 1. The summed E-state index contributed by atoms with van der Waals surface area (Å²) >= 11 is 0. The average Bonchev–Trinajstić information content (AvgIpc) is 3.34. The topological polar surface area (TPSA) is 77.1 Å². The molecule has 7 nitrogen and oxygen atoms in total. The molecule has 1 atom stereocenters. The lowest BCUT2D eigenvalue weighted by Crippen LogP contribution is -2.42. The summed E-state index contributed by atoms with van der Waals surface area (Å²) in [6.45, 7) is 9.06. The highest BCUT2D eigenvalue weighted by Crippen LogP contribution is 2.24. The van der Waals surface area contributed by atoms with E-state index in [1.165, 1.54) is 6.42 Å². The van der Waals surface area contributed by atoms with E-state index < -0.39 is 0 Å². The van der Waals surface area contributed by atoms with Gasteiger partial charge in [-0.15, -0.1) is 10.2 Å². The van der Waals surface area contributed by atoms with Crippen molar-refractivity contribution in [2.45, 2.75) is 59.4 Å². The van der Waals surface area contributed by atoms with Crippen LogP contribution in [-0.2, 0) is 6.42 Å². The summed E-state index contributed by atoms with van der Waals surface area (Å²) in [5.41, 5.74) is 3.26. The molecule has 3 aromatic rings. The highest BCUT2D eigenvalue weighted by molar-refractivity contribution is 5.95. The first-order chi connectivity index (χ1) is 14.4. The fourth-order valence-electron chi connectivity index (χ4n) is 4.05. The van der Waals surface area contributed by atoms with Gasteiger partial charge in [0.2, 0.25) is 5.89 Å². The minimum atomic E-state index is 0.0920. The van der Waals surface area contributed by atoms with E-state index in [-0.39, 0.29) is 11.9 Å². The second kappa shape index (κ2) is 8.42. The molecule has 0 bridgehead atoms. The molecule has 1 amide bonds. The van der Waals surface area contributed by atoms with E-state index in [1.807, 2.05) is 39.9 Å². The fourth-order valence-corrected chi connectivity index (χ4v) is 4.05. The van der Waals surface area contributed by atoms with Gasteiger partial charge < -0.3 is 9.32 Å². The maximum absolute atomic E-state index is 13.1. The predicted molar refractivity (Wildman–Crippen MR) is 114 cm³/mol. The number of hydrogen-bond donors (Lipinski definition) is 0. The number of carbonyl (C=O) groups excluding carboxylic acids is 1. The minimum Gasteiger partial charge on any atom is -0.420 e. The number of benzene rings is 1. The molecule has 1 unspecified atom stereocenters. The largest absolute Gasteiger partial charge is 0.420 e. The van der Waals surface area contributed by atoms with Crippen LogP contribution < -0.4 is 0 Å². The van der Waals surface area contributed by atoms with Crippen LogP contribution in [0, 0.1) is 12.8 Å². The zero-order valence-corrected chi connectivity index (χ0v) is 18.1. The molecule has 0 radical (unpaired) electrons.